The fourth-order valence-electron chi connectivity index (χ4n) is 2.82. The van der Waals surface area contributed by atoms with Gasteiger partial charge in [-0.25, -0.2) is 0 Å². The summed E-state index contributed by atoms with van der Waals surface area (Å²) in [6.07, 6.45) is 0.134. The zero-order valence-electron chi connectivity index (χ0n) is 12.4. The first-order valence-electron chi connectivity index (χ1n) is 6.70. The Kier molecular flexibility index (Phi) is 3.81. The van der Waals surface area contributed by atoms with Gasteiger partial charge in [0, 0.05) is 12.0 Å². The highest BCUT2D eigenvalue weighted by Gasteiger charge is 2.17. The lowest BCUT2D eigenvalue weighted by Crippen LogP contribution is -2.05. The van der Waals surface area contributed by atoms with Gasteiger partial charge in [-0.3, -0.25) is 0 Å². The minimum Gasteiger partial charge on any atom is -0.466 e. The molecule has 0 aliphatic rings. The van der Waals surface area contributed by atoms with Gasteiger partial charge >= 0.3 is 0 Å². The van der Waals surface area contributed by atoms with Crippen molar-refractivity contribution in [3.8, 4) is 0 Å². The molecule has 1 heterocycles. The Hall–Kier alpha value is -1.54. The maximum atomic E-state index is 10.4. The molecule has 0 fully saturated rings. The Morgan fingerprint density at radius 2 is 1.58 bits per heavy atom. The molecular formula is C17H22O2. The lowest BCUT2D eigenvalue weighted by molar-refractivity contribution is 0.176. The molecule has 1 unspecified atom stereocenters. The van der Waals surface area contributed by atoms with E-state index in [4.69, 9.17) is 4.42 Å². The second-order valence-corrected chi connectivity index (χ2v) is 5.47. The van der Waals surface area contributed by atoms with Gasteiger partial charge in [-0.1, -0.05) is 17.7 Å². The van der Waals surface area contributed by atoms with Crippen LogP contribution in [0, 0.1) is 34.6 Å². The SMILES string of the molecule is Cc1cc(C)c(CC(O)c2cc(C)oc2C)c(C)c1. The summed E-state index contributed by atoms with van der Waals surface area (Å²) < 4.78 is 5.49. The Morgan fingerprint density at radius 1 is 1.00 bits per heavy atom. The molecule has 1 N–H and O–H groups in total. The van der Waals surface area contributed by atoms with Gasteiger partial charge in [0.25, 0.3) is 0 Å². The molecule has 2 nitrogen and oxygen atoms in total. The number of aliphatic hydroxyl groups is 1. The molecule has 0 bridgehead atoms. The van der Waals surface area contributed by atoms with Crippen LogP contribution in [0.25, 0.3) is 0 Å². The highest BCUT2D eigenvalue weighted by molar-refractivity contribution is 5.39. The van der Waals surface area contributed by atoms with Crippen LogP contribution in [0.5, 0.6) is 0 Å². The second kappa shape index (κ2) is 5.22. The van der Waals surface area contributed by atoms with E-state index in [0.717, 1.165) is 17.1 Å². The Balaban J connectivity index is 2.29. The average Bonchev–Trinajstić information content (AvgIpc) is 2.62. The molecule has 0 spiro atoms. The molecule has 2 rings (SSSR count). The van der Waals surface area contributed by atoms with Crippen molar-refractivity contribution in [2.45, 2.75) is 47.1 Å². The smallest absolute Gasteiger partial charge is 0.106 e. The zero-order chi connectivity index (χ0) is 14.2. The number of furan rings is 1. The van der Waals surface area contributed by atoms with Gasteiger partial charge < -0.3 is 9.52 Å². The summed E-state index contributed by atoms with van der Waals surface area (Å²) >= 11 is 0. The summed E-state index contributed by atoms with van der Waals surface area (Å²) in [4.78, 5) is 0. The Morgan fingerprint density at radius 3 is 2.05 bits per heavy atom. The largest absolute Gasteiger partial charge is 0.466 e. The highest BCUT2D eigenvalue weighted by Crippen LogP contribution is 2.27. The highest BCUT2D eigenvalue weighted by atomic mass is 16.3. The Labute approximate surface area is 115 Å². The number of aryl methyl sites for hydroxylation is 5. The number of aliphatic hydroxyl groups excluding tert-OH is 1. The molecule has 2 heteroatoms. The van der Waals surface area contributed by atoms with Crippen molar-refractivity contribution in [3.63, 3.8) is 0 Å². The van der Waals surface area contributed by atoms with E-state index in [2.05, 4.69) is 32.9 Å². The normalized spacial score (nSPS) is 12.7. The van der Waals surface area contributed by atoms with Gasteiger partial charge in [0.15, 0.2) is 0 Å². The molecule has 1 aromatic heterocycles. The van der Waals surface area contributed by atoms with Gasteiger partial charge in [0.05, 0.1) is 6.10 Å². The van der Waals surface area contributed by atoms with Crippen LogP contribution in [0.1, 0.15) is 45.4 Å². The van der Waals surface area contributed by atoms with Crippen molar-refractivity contribution < 1.29 is 9.52 Å². The molecule has 0 radical (unpaired) electrons. The summed E-state index contributed by atoms with van der Waals surface area (Å²) in [5, 5.41) is 10.4. The van der Waals surface area contributed by atoms with Crippen molar-refractivity contribution in [3.05, 3.63) is 57.5 Å². The summed E-state index contributed by atoms with van der Waals surface area (Å²) in [6, 6.07) is 6.27. The molecule has 1 aromatic carbocycles. The van der Waals surface area contributed by atoms with E-state index < -0.39 is 6.10 Å². The summed E-state index contributed by atoms with van der Waals surface area (Å²) in [7, 11) is 0. The summed E-state index contributed by atoms with van der Waals surface area (Å²) in [5.74, 6) is 1.66. The maximum Gasteiger partial charge on any atom is 0.106 e. The molecule has 2 aromatic rings. The van der Waals surface area contributed by atoms with Gasteiger partial charge in [-0.15, -0.1) is 0 Å². The van der Waals surface area contributed by atoms with Crippen molar-refractivity contribution in [1.82, 2.24) is 0 Å². The summed E-state index contributed by atoms with van der Waals surface area (Å²) in [6.45, 7) is 10.1. The standard InChI is InChI=1S/C17H22O2/c1-10-6-11(2)15(12(3)7-10)9-17(18)16-8-13(4)19-14(16)5/h6-8,17-18H,9H2,1-5H3. The zero-order valence-corrected chi connectivity index (χ0v) is 12.4. The van der Waals surface area contributed by atoms with E-state index >= 15 is 0 Å². The van der Waals surface area contributed by atoms with Crippen LogP contribution in [-0.2, 0) is 6.42 Å². The third-order valence-corrected chi connectivity index (χ3v) is 3.68. The summed E-state index contributed by atoms with van der Waals surface area (Å²) in [5.41, 5.74) is 5.89. The molecule has 102 valence electrons. The molecule has 0 saturated heterocycles. The number of hydrogen-bond acceptors (Lipinski definition) is 2. The quantitative estimate of drug-likeness (QED) is 0.899. The predicted molar refractivity (Wildman–Crippen MR) is 77.5 cm³/mol. The van der Waals surface area contributed by atoms with E-state index in [-0.39, 0.29) is 0 Å². The van der Waals surface area contributed by atoms with Crippen molar-refractivity contribution >= 4 is 0 Å². The lowest BCUT2D eigenvalue weighted by atomic mass is 9.93. The Bertz CT molecular complexity index is 570. The first kappa shape index (κ1) is 13.9. The number of benzene rings is 1. The van der Waals surface area contributed by atoms with Gasteiger partial charge in [-0.2, -0.15) is 0 Å². The van der Waals surface area contributed by atoms with Crippen LogP contribution < -0.4 is 0 Å². The van der Waals surface area contributed by atoms with E-state index in [9.17, 15) is 5.11 Å². The minimum atomic E-state index is -0.502. The molecule has 1 atom stereocenters. The van der Waals surface area contributed by atoms with Crippen LogP contribution in [-0.4, -0.2) is 5.11 Å². The number of hydrogen-bond donors (Lipinski definition) is 1. The third kappa shape index (κ3) is 2.90. The monoisotopic (exact) mass is 258 g/mol. The fourth-order valence-corrected chi connectivity index (χ4v) is 2.82. The van der Waals surface area contributed by atoms with Gasteiger partial charge in [-0.05, 0) is 57.4 Å². The van der Waals surface area contributed by atoms with Crippen LogP contribution in [0.15, 0.2) is 22.6 Å². The van der Waals surface area contributed by atoms with Crippen molar-refractivity contribution in [2.75, 3.05) is 0 Å². The second-order valence-electron chi connectivity index (χ2n) is 5.47. The average molecular weight is 258 g/mol. The fraction of sp³-hybridized carbons (Fsp3) is 0.412. The van der Waals surface area contributed by atoms with E-state index in [1.807, 2.05) is 19.9 Å². The molecule has 0 saturated carbocycles. The molecular weight excluding hydrogens is 236 g/mol. The predicted octanol–water partition coefficient (Wildman–Crippen LogP) is 4.10. The van der Waals surface area contributed by atoms with Crippen molar-refractivity contribution in [2.24, 2.45) is 0 Å². The van der Waals surface area contributed by atoms with Crippen LogP contribution in [0.4, 0.5) is 0 Å². The van der Waals surface area contributed by atoms with E-state index in [1.54, 1.807) is 0 Å². The van der Waals surface area contributed by atoms with E-state index in [0.29, 0.717) is 6.42 Å². The van der Waals surface area contributed by atoms with Gasteiger partial charge in [0.2, 0.25) is 0 Å². The molecule has 0 aliphatic heterocycles. The topological polar surface area (TPSA) is 33.4 Å². The maximum absolute atomic E-state index is 10.4. The van der Waals surface area contributed by atoms with E-state index in [1.165, 1.54) is 22.3 Å². The van der Waals surface area contributed by atoms with Crippen LogP contribution in [0.2, 0.25) is 0 Å². The van der Waals surface area contributed by atoms with Crippen LogP contribution in [0.3, 0.4) is 0 Å². The molecule has 0 amide bonds. The van der Waals surface area contributed by atoms with Gasteiger partial charge in [0.1, 0.15) is 11.5 Å². The molecule has 0 aliphatic carbocycles. The number of rotatable bonds is 3. The lowest BCUT2D eigenvalue weighted by Gasteiger charge is -2.15. The third-order valence-electron chi connectivity index (χ3n) is 3.68. The minimum absolute atomic E-state index is 0.502. The van der Waals surface area contributed by atoms with Crippen molar-refractivity contribution in [1.29, 1.82) is 0 Å². The molecule has 19 heavy (non-hydrogen) atoms. The first-order chi connectivity index (χ1) is 8.88. The first-order valence-corrected chi connectivity index (χ1v) is 6.70. The van der Waals surface area contributed by atoms with Crippen LogP contribution >= 0.6 is 0 Å².